The Kier molecular flexibility index (Phi) is 7.68. The third-order valence-electron chi connectivity index (χ3n) is 3.55. The maximum atomic E-state index is 4.29. The Bertz CT molecular complexity index is 191. The molecule has 0 saturated heterocycles. The van der Waals surface area contributed by atoms with Gasteiger partial charge in [-0.1, -0.05) is 0 Å². The van der Waals surface area contributed by atoms with Gasteiger partial charge in [-0.3, -0.25) is 0 Å². The van der Waals surface area contributed by atoms with Crippen LogP contribution in [-0.4, -0.2) is 18.4 Å². The molecular weight excluding hydrogens is 287 g/mol. The predicted molar refractivity (Wildman–Crippen MR) is 74.8 cm³/mol. The molecule has 0 saturated carbocycles. The van der Waals surface area contributed by atoms with E-state index in [1.165, 1.54) is 41.7 Å². The Morgan fingerprint density at radius 2 is 1.20 bits per heavy atom. The molecule has 0 spiro atoms. The van der Waals surface area contributed by atoms with Crippen molar-refractivity contribution in [3.05, 3.63) is 20.3 Å². The number of unbranched alkanes of at least 4 members (excludes halogenated alkanes) is 2. The summed E-state index contributed by atoms with van der Waals surface area (Å²) in [7, 11) is 0. The Labute approximate surface area is 101 Å². The first-order valence-corrected chi connectivity index (χ1v) is 13.2. The quantitative estimate of drug-likeness (QED) is 0.536. The van der Waals surface area contributed by atoms with Crippen LogP contribution >= 0.6 is 0 Å². The summed E-state index contributed by atoms with van der Waals surface area (Å²) in [4.78, 5) is 0. The second-order valence-electron chi connectivity index (χ2n) is 4.85. The first kappa shape index (κ1) is 15.3. The molecule has 0 aromatic heterocycles. The normalized spacial score (nSPS) is 11.5. The molecule has 0 aliphatic rings. The van der Waals surface area contributed by atoms with Crippen LogP contribution in [0.25, 0.3) is 0 Å². The van der Waals surface area contributed by atoms with Gasteiger partial charge in [0.2, 0.25) is 0 Å². The molecule has 0 nitrogen and oxygen atoms in total. The number of hydrogen-bond donors (Lipinski definition) is 0. The number of rotatable bonds is 8. The van der Waals surface area contributed by atoms with E-state index in [-0.39, 0.29) is 0 Å². The minimum atomic E-state index is -2.20. The average molecular weight is 315 g/mol. The Hall–Kier alpha value is 0.279. The fourth-order valence-electron chi connectivity index (χ4n) is 2.30. The molecule has 0 aliphatic carbocycles. The minimum absolute atomic E-state index is 1.31. The Morgan fingerprint density at radius 1 is 0.867 bits per heavy atom. The van der Waals surface area contributed by atoms with E-state index >= 15 is 0 Å². The summed E-state index contributed by atoms with van der Waals surface area (Å²) in [5.74, 6) is 0. The summed E-state index contributed by atoms with van der Waals surface area (Å²) in [6.45, 7) is 17.7. The van der Waals surface area contributed by atoms with Gasteiger partial charge in [-0.05, 0) is 0 Å². The zero-order valence-corrected chi connectivity index (χ0v) is 14.0. The Morgan fingerprint density at radius 3 is 1.40 bits per heavy atom. The fraction of sp³-hybridized carbons (Fsp3) is 0.714. The van der Waals surface area contributed by atoms with Crippen molar-refractivity contribution in [1.29, 1.82) is 0 Å². The van der Waals surface area contributed by atoms with Crippen LogP contribution in [0, 0.1) is 0 Å². The van der Waals surface area contributed by atoms with Crippen LogP contribution in [-0.2, 0) is 0 Å². The molecule has 0 unspecified atom stereocenters. The van der Waals surface area contributed by atoms with Crippen LogP contribution in [0.3, 0.4) is 0 Å². The van der Waals surface area contributed by atoms with E-state index < -0.39 is 18.4 Å². The van der Waals surface area contributed by atoms with E-state index in [0.717, 1.165) is 0 Å². The molecule has 0 bridgehead atoms. The Balaban J connectivity index is 4.73. The molecule has 0 amide bonds. The van der Waals surface area contributed by atoms with Crippen molar-refractivity contribution < 1.29 is 0 Å². The summed E-state index contributed by atoms with van der Waals surface area (Å²) in [5.41, 5.74) is 0. The van der Waals surface area contributed by atoms with Crippen LogP contribution < -0.4 is 0 Å². The van der Waals surface area contributed by atoms with Crippen molar-refractivity contribution in [2.45, 2.75) is 62.3 Å². The zero-order valence-electron chi connectivity index (χ0n) is 11.2. The van der Waals surface area contributed by atoms with E-state index in [0.29, 0.717) is 0 Å². The van der Waals surface area contributed by atoms with Gasteiger partial charge in [0.25, 0.3) is 0 Å². The summed E-state index contributed by atoms with van der Waals surface area (Å²) in [5, 5.41) is 0. The summed E-state index contributed by atoms with van der Waals surface area (Å²) >= 11 is -2.20. The van der Waals surface area contributed by atoms with Gasteiger partial charge in [0.05, 0.1) is 0 Å². The molecule has 0 aromatic rings. The van der Waals surface area contributed by atoms with E-state index in [4.69, 9.17) is 0 Å². The average Bonchev–Trinajstić information content (AvgIpc) is 2.17. The standard InChI is InChI=1S/2C4H9.2C3H5.Sn/c2*1-3-4-2;2*1-3-2;/h2*1,3-4H2,2H3;2*1H2,2H3;. The van der Waals surface area contributed by atoms with Gasteiger partial charge in [-0.25, -0.2) is 0 Å². The zero-order chi connectivity index (χ0) is 11.9. The molecule has 0 fully saturated rings. The first-order chi connectivity index (χ1) is 7.01. The second-order valence-corrected chi connectivity index (χ2v) is 18.8. The summed E-state index contributed by atoms with van der Waals surface area (Å²) in [6.07, 6.45) is 5.37. The molecule has 0 N–H and O–H groups in total. The second kappa shape index (κ2) is 7.54. The molecule has 1 heteroatoms. The molecule has 0 aromatic carbocycles. The maximum absolute atomic E-state index is 4.29. The van der Waals surface area contributed by atoms with E-state index in [9.17, 15) is 0 Å². The SMILES string of the molecule is C=[C](C)[Sn]([CH2]CCC)([CH2]CCC)[C](=C)C. The van der Waals surface area contributed by atoms with Crippen LogP contribution in [0.1, 0.15) is 53.4 Å². The van der Waals surface area contributed by atoms with Gasteiger partial charge in [-0.2, -0.15) is 0 Å². The van der Waals surface area contributed by atoms with Crippen LogP contribution in [0.15, 0.2) is 20.3 Å². The topological polar surface area (TPSA) is 0 Å². The van der Waals surface area contributed by atoms with E-state index in [1.54, 1.807) is 0 Å². The first-order valence-electron chi connectivity index (χ1n) is 6.33. The van der Waals surface area contributed by atoms with E-state index in [1.807, 2.05) is 0 Å². The van der Waals surface area contributed by atoms with Gasteiger partial charge in [0, 0.05) is 0 Å². The van der Waals surface area contributed by atoms with Gasteiger partial charge in [0.1, 0.15) is 0 Å². The molecule has 15 heavy (non-hydrogen) atoms. The van der Waals surface area contributed by atoms with Gasteiger partial charge in [-0.15, -0.1) is 0 Å². The third kappa shape index (κ3) is 4.34. The van der Waals surface area contributed by atoms with Crippen molar-refractivity contribution in [2.24, 2.45) is 0 Å². The summed E-state index contributed by atoms with van der Waals surface area (Å²) in [6, 6.07) is 0. The van der Waals surface area contributed by atoms with Gasteiger partial charge >= 0.3 is 101 Å². The van der Waals surface area contributed by atoms with Crippen molar-refractivity contribution in [3.8, 4) is 0 Å². The van der Waals surface area contributed by atoms with Crippen molar-refractivity contribution >= 4 is 18.4 Å². The summed E-state index contributed by atoms with van der Waals surface area (Å²) < 4.78 is 5.91. The van der Waals surface area contributed by atoms with Gasteiger partial charge in [0.15, 0.2) is 0 Å². The molecule has 0 rings (SSSR count). The molecule has 0 heterocycles. The van der Waals surface area contributed by atoms with Gasteiger partial charge < -0.3 is 0 Å². The third-order valence-corrected chi connectivity index (χ3v) is 19.8. The van der Waals surface area contributed by atoms with E-state index in [2.05, 4.69) is 40.9 Å². The molecule has 0 radical (unpaired) electrons. The molecule has 0 aliphatic heterocycles. The van der Waals surface area contributed by atoms with Crippen molar-refractivity contribution in [3.63, 3.8) is 0 Å². The van der Waals surface area contributed by atoms with Crippen molar-refractivity contribution in [2.75, 3.05) is 0 Å². The monoisotopic (exact) mass is 316 g/mol. The number of allylic oxidation sites excluding steroid dienone is 2. The fourth-order valence-corrected chi connectivity index (χ4v) is 15.4. The molecule has 88 valence electrons. The number of hydrogen-bond acceptors (Lipinski definition) is 0. The predicted octanol–water partition coefficient (Wildman–Crippen LogP) is 5.27. The van der Waals surface area contributed by atoms with Crippen LogP contribution in [0.5, 0.6) is 0 Å². The molecule has 0 atom stereocenters. The van der Waals surface area contributed by atoms with Crippen LogP contribution in [0.2, 0.25) is 8.87 Å². The van der Waals surface area contributed by atoms with Crippen molar-refractivity contribution in [1.82, 2.24) is 0 Å². The molecular formula is C14H28Sn. The van der Waals surface area contributed by atoms with Crippen LogP contribution in [0.4, 0.5) is 0 Å².